The van der Waals surface area contributed by atoms with Crippen molar-refractivity contribution in [3.8, 4) is 0 Å². The topological polar surface area (TPSA) is 87.4 Å². The highest BCUT2D eigenvalue weighted by Gasteiger charge is 2.37. The summed E-state index contributed by atoms with van der Waals surface area (Å²) in [6.07, 6.45) is -4.95. The van der Waals surface area contributed by atoms with E-state index in [0.29, 0.717) is 12.2 Å². The summed E-state index contributed by atoms with van der Waals surface area (Å²) in [5.41, 5.74) is 0.298. The molecule has 1 fully saturated rings. The van der Waals surface area contributed by atoms with Crippen molar-refractivity contribution in [3.63, 3.8) is 0 Å². The van der Waals surface area contributed by atoms with Crippen LogP contribution in [-0.4, -0.2) is 34.7 Å². The smallest absolute Gasteiger partial charge is 0.433 e. The molecule has 1 aromatic heterocycles. The van der Waals surface area contributed by atoms with Crippen LogP contribution in [0.15, 0.2) is 22.6 Å². The lowest BCUT2D eigenvalue weighted by atomic mass is 10.2. The van der Waals surface area contributed by atoms with Crippen LogP contribution < -0.4 is 10.6 Å². The molecule has 2 unspecified atom stereocenters. The van der Waals surface area contributed by atoms with Gasteiger partial charge in [0.1, 0.15) is 5.52 Å². The van der Waals surface area contributed by atoms with Gasteiger partial charge < -0.3 is 20.2 Å². The van der Waals surface area contributed by atoms with Crippen LogP contribution in [0.2, 0.25) is 0 Å². The molecule has 0 aliphatic carbocycles. The van der Waals surface area contributed by atoms with Crippen LogP contribution in [-0.2, 0) is 11.0 Å². The van der Waals surface area contributed by atoms with Crippen molar-refractivity contribution in [1.82, 2.24) is 10.3 Å². The maximum Gasteiger partial charge on any atom is 0.468 e. The van der Waals surface area contributed by atoms with Crippen molar-refractivity contribution >= 4 is 35.1 Å². The number of carbonyl (C=O) groups excluding carboxylic acids is 1. The van der Waals surface area contributed by atoms with Crippen LogP contribution in [0.1, 0.15) is 12.3 Å². The molecule has 3 N–H and O–H groups in total. The second kappa shape index (κ2) is 6.34. The Kier molecular flexibility index (Phi) is 4.83. The summed E-state index contributed by atoms with van der Waals surface area (Å²) in [5, 5.41) is 14.8. The fourth-order valence-corrected chi connectivity index (χ4v) is 2.27. The lowest BCUT2D eigenvalue weighted by Gasteiger charge is -2.10. The molecule has 6 nitrogen and oxygen atoms in total. The summed E-state index contributed by atoms with van der Waals surface area (Å²) in [6.45, 7) is 0.329. The minimum absolute atomic E-state index is 0. The summed E-state index contributed by atoms with van der Waals surface area (Å²) < 4.78 is 42.2. The number of nitrogens with zero attached hydrogens (tertiary/aromatic N) is 1. The Morgan fingerprint density at radius 2 is 2.17 bits per heavy atom. The number of oxazole rings is 1. The Balaban J connectivity index is 0.00000192. The van der Waals surface area contributed by atoms with Crippen molar-refractivity contribution < 1.29 is 27.5 Å². The number of aliphatic hydroxyl groups excluding tert-OH is 1. The van der Waals surface area contributed by atoms with Gasteiger partial charge in [0.2, 0.25) is 5.91 Å². The average molecular weight is 352 g/mol. The highest BCUT2D eigenvalue weighted by atomic mass is 35.5. The number of fused-ring (bicyclic) bond motifs is 1. The molecule has 1 amide bonds. The van der Waals surface area contributed by atoms with Gasteiger partial charge in [0.15, 0.2) is 5.58 Å². The van der Waals surface area contributed by atoms with E-state index in [9.17, 15) is 23.1 Å². The minimum Gasteiger partial charge on any atom is -0.433 e. The van der Waals surface area contributed by atoms with E-state index in [1.54, 1.807) is 0 Å². The van der Waals surface area contributed by atoms with E-state index in [-0.39, 0.29) is 35.8 Å². The summed E-state index contributed by atoms with van der Waals surface area (Å²) in [6, 6.07) is 3.51. The molecule has 0 saturated carbocycles. The third-order valence-corrected chi connectivity index (χ3v) is 3.32. The largest absolute Gasteiger partial charge is 0.468 e. The second-order valence-corrected chi connectivity index (χ2v) is 5.04. The van der Waals surface area contributed by atoms with Crippen LogP contribution in [0.5, 0.6) is 0 Å². The van der Waals surface area contributed by atoms with Gasteiger partial charge in [0.25, 0.3) is 0 Å². The molecular formula is C13H13ClF3N3O3. The maximum absolute atomic E-state index is 12.5. The molecule has 1 aromatic carbocycles. The van der Waals surface area contributed by atoms with Crippen LogP contribution in [0, 0.1) is 0 Å². The average Bonchev–Trinajstić information content (AvgIpc) is 3.03. The molecule has 1 aliphatic heterocycles. The molecule has 1 saturated heterocycles. The summed E-state index contributed by atoms with van der Waals surface area (Å²) >= 11 is 0. The molecule has 0 bridgehead atoms. The van der Waals surface area contributed by atoms with E-state index in [4.69, 9.17) is 0 Å². The number of hydrogen-bond donors (Lipinski definition) is 3. The molecule has 0 radical (unpaired) electrons. The molecule has 2 atom stereocenters. The predicted octanol–water partition coefficient (Wildman–Crippen LogP) is 1.93. The van der Waals surface area contributed by atoms with Gasteiger partial charge >= 0.3 is 12.1 Å². The Labute approximate surface area is 134 Å². The van der Waals surface area contributed by atoms with Gasteiger partial charge in [-0.05, 0) is 24.6 Å². The van der Waals surface area contributed by atoms with Crippen LogP contribution in [0.3, 0.4) is 0 Å². The van der Waals surface area contributed by atoms with Crippen LogP contribution >= 0.6 is 12.4 Å². The fourth-order valence-electron chi connectivity index (χ4n) is 2.27. The first-order valence-corrected chi connectivity index (χ1v) is 6.53. The number of carbonyl (C=O) groups is 1. The van der Waals surface area contributed by atoms with Gasteiger partial charge in [-0.15, -0.1) is 12.4 Å². The molecule has 10 heteroatoms. The number of β-amino-alcohol motifs (C(OH)–C–C–N with tert-alkyl or cyclic N) is 1. The number of amides is 1. The van der Waals surface area contributed by atoms with Crippen molar-refractivity contribution in [3.05, 3.63) is 24.1 Å². The van der Waals surface area contributed by atoms with Gasteiger partial charge in [-0.25, -0.2) is 4.98 Å². The first kappa shape index (κ1) is 17.5. The molecule has 3 rings (SSSR count). The number of nitrogens with one attached hydrogen (secondary N) is 2. The summed E-state index contributed by atoms with van der Waals surface area (Å²) in [4.78, 5) is 15.3. The molecule has 126 valence electrons. The van der Waals surface area contributed by atoms with Gasteiger partial charge in [-0.3, -0.25) is 4.79 Å². The Morgan fingerprint density at radius 3 is 2.78 bits per heavy atom. The monoisotopic (exact) mass is 351 g/mol. The van der Waals surface area contributed by atoms with Gasteiger partial charge in [-0.1, -0.05) is 0 Å². The molecule has 2 aromatic rings. The predicted molar refractivity (Wildman–Crippen MR) is 77.3 cm³/mol. The highest BCUT2D eigenvalue weighted by Crippen LogP contribution is 2.31. The van der Waals surface area contributed by atoms with E-state index in [0.717, 1.165) is 0 Å². The van der Waals surface area contributed by atoms with Gasteiger partial charge in [-0.2, -0.15) is 13.2 Å². The van der Waals surface area contributed by atoms with E-state index < -0.39 is 24.2 Å². The third-order valence-electron chi connectivity index (χ3n) is 3.32. The number of hydrogen-bond acceptors (Lipinski definition) is 5. The number of halogens is 4. The number of anilines is 1. The van der Waals surface area contributed by atoms with Crippen molar-refractivity contribution in [1.29, 1.82) is 0 Å². The number of benzene rings is 1. The molecule has 2 heterocycles. The lowest BCUT2D eigenvalue weighted by Crippen LogP contribution is -2.35. The molecular weight excluding hydrogens is 339 g/mol. The first-order chi connectivity index (χ1) is 10.3. The second-order valence-electron chi connectivity index (χ2n) is 5.04. The number of aromatic nitrogens is 1. The Bertz CT molecular complexity index is 719. The number of alkyl halides is 3. The first-order valence-electron chi connectivity index (χ1n) is 6.53. The van der Waals surface area contributed by atoms with Crippen molar-refractivity contribution in [2.75, 3.05) is 11.9 Å². The van der Waals surface area contributed by atoms with Crippen molar-refractivity contribution in [2.24, 2.45) is 0 Å². The van der Waals surface area contributed by atoms with E-state index in [1.807, 2.05) is 0 Å². The normalized spacial score (nSPS) is 21.2. The van der Waals surface area contributed by atoms with Crippen LogP contribution in [0.25, 0.3) is 11.1 Å². The Hall–Kier alpha value is -1.84. The third kappa shape index (κ3) is 3.74. The zero-order valence-corrected chi connectivity index (χ0v) is 12.4. The maximum atomic E-state index is 12.5. The minimum atomic E-state index is -4.66. The summed E-state index contributed by atoms with van der Waals surface area (Å²) in [5.74, 6) is -1.69. The zero-order valence-electron chi connectivity index (χ0n) is 11.6. The van der Waals surface area contributed by atoms with Gasteiger partial charge in [0, 0.05) is 12.2 Å². The van der Waals surface area contributed by atoms with Crippen molar-refractivity contribution in [2.45, 2.75) is 24.7 Å². The van der Waals surface area contributed by atoms with Crippen LogP contribution in [0.4, 0.5) is 18.9 Å². The van der Waals surface area contributed by atoms with E-state index >= 15 is 0 Å². The summed E-state index contributed by atoms with van der Waals surface area (Å²) in [7, 11) is 0. The molecule has 0 spiro atoms. The highest BCUT2D eigenvalue weighted by molar-refractivity contribution is 5.96. The zero-order chi connectivity index (χ0) is 15.9. The Morgan fingerprint density at radius 1 is 1.43 bits per heavy atom. The molecule has 1 aliphatic rings. The van der Waals surface area contributed by atoms with E-state index in [2.05, 4.69) is 20.0 Å². The quantitative estimate of drug-likeness (QED) is 0.769. The number of rotatable bonds is 2. The van der Waals surface area contributed by atoms with E-state index in [1.165, 1.54) is 18.2 Å². The number of aliphatic hydroxyl groups is 1. The lowest BCUT2D eigenvalue weighted by molar-refractivity contribution is -0.156. The SMILES string of the molecule is Cl.O=C(Nc1ccc2oc(C(F)(F)F)nc2c1)C1CC(O)CN1. The van der Waals surface area contributed by atoms with Gasteiger partial charge in [0.05, 0.1) is 12.1 Å². The standard InChI is InChI=1S/C13H12F3N3O3.ClH/c14-13(15,16)12-19-8-3-6(1-2-10(8)22-12)18-11(21)9-4-7(20)5-17-9;/h1-3,7,9,17,20H,4-5H2,(H,18,21);1H. The molecule has 23 heavy (non-hydrogen) atoms. The fraction of sp³-hybridized carbons (Fsp3) is 0.385.